The molecule has 1 heterocycles. The van der Waals surface area contributed by atoms with Crippen molar-refractivity contribution < 1.29 is 0 Å². The number of rotatable bonds is 3. The molecule has 1 aromatic rings. The van der Waals surface area contributed by atoms with Crippen molar-refractivity contribution in [1.82, 2.24) is 4.90 Å². The minimum Gasteiger partial charge on any atom is -0.383 e. The maximum absolute atomic E-state index is 6.17. The Balaban J connectivity index is 1.86. The van der Waals surface area contributed by atoms with E-state index in [1.165, 1.54) is 17.5 Å². The van der Waals surface area contributed by atoms with Crippen LogP contribution in [-0.2, 0) is 13.0 Å². The third-order valence-corrected chi connectivity index (χ3v) is 5.07. The molecule has 1 unspecified atom stereocenters. The summed E-state index contributed by atoms with van der Waals surface area (Å²) in [5.74, 6) is 0.509. The van der Waals surface area contributed by atoms with Gasteiger partial charge in [0.25, 0.3) is 0 Å². The quantitative estimate of drug-likeness (QED) is 0.523. The minimum absolute atomic E-state index is 0.509. The highest BCUT2D eigenvalue weighted by Crippen LogP contribution is 2.27. The van der Waals surface area contributed by atoms with Gasteiger partial charge in [-0.25, -0.2) is 4.99 Å². The number of aliphatic imine (C=N–C) groups is 1. The number of hydrogen-bond acceptors (Lipinski definition) is 3. The number of thiocarbonyl (C=S) groups is 1. The minimum atomic E-state index is 0.509. The van der Waals surface area contributed by atoms with Crippen LogP contribution in [-0.4, -0.2) is 28.7 Å². The van der Waals surface area contributed by atoms with Gasteiger partial charge in [-0.2, -0.15) is 0 Å². The second kappa shape index (κ2) is 6.77. The normalized spacial score (nSPS) is 22.0. The molecule has 2 N–H and O–H groups in total. The second-order valence-corrected chi connectivity index (χ2v) is 6.76. The van der Waals surface area contributed by atoms with E-state index in [-0.39, 0.29) is 0 Å². The third-order valence-electron chi connectivity index (χ3n) is 4.69. The second-order valence-electron chi connectivity index (χ2n) is 6.27. The fourth-order valence-corrected chi connectivity index (χ4v) is 3.53. The van der Waals surface area contributed by atoms with E-state index in [9.17, 15) is 0 Å². The molecular weight excluding hydrogens is 302 g/mol. The molecule has 2 aliphatic rings. The van der Waals surface area contributed by atoms with Crippen LogP contribution in [0.1, 0.15) is 30.9 Å². The summed E-state index contributed by atoms with van der Waals surface area (Å²) < 4.78 is 0. The molecule has 0 aromatic heterocycles. The Morgan fingerprint density at radius 1 is 1.39 bits per heavy atom. The molecule has 0 radical (unpaired) electrons. The van der Waals surface area contributed by atoms with E-state index in [1.807, 2.05) is 18.2 Å². The van der Waals surface area contributed by atoms with Crippen LogP contribution in [0, 0.1) is 0 Å². The fraction of sp³-hybridized carbons (Fsp3) is 0.368. The van der Waals surface area contributed by atoms with Crippen molar-refractivity contribution in [3.05, 3.63) is 53.1 Å². The zero-order valence-electron chi connectivity index (χ0n) is 13.7. The van der Waals surface area contributed by atoms with Crippen molar-refractivity contribution in [2.45, 2.75) is 38.8 Å². The van der Waals surface area contributed by atoms with E-state index in [2.05, 4.69) is 42.1 Å². The predicted octanol–water partition coefficient (Wildman–Crippen LogP) is 3.70. The molecule has 1 aromatic carbocycles. The highest BCUT2D eigenvalue weighted by atomic mass is 32.1. The number of allylic oxidation sites excluding steroid dienone is 3. The molecule has 0 bridgehead atoms. The largest absolute Gasteiger partial charge is 0.383 e. The van der Waals surface area contributed by atoms with Gasteiger partial charge in [-0.15, -0.1) is 0 Å². The molecule has 3 nitrogen and oxygen atoms in total. The van der Waals surface area contributed by atoms with Crippen LogP contribution in [0.3, 0.4) is 0 Å². The zero-order chi connectivity index (χ0) is 16.4. The molecule has 1 aliphatic carbocycles. The Bertz CT molecular complexity index is 715. The molecule has 0 amide bonds. The molecule has 120 valence electrons. The summed E-state index contributed by atoms with van der Waals surface area (Å²) in [7, 11) is 2.19. The van der Waals surface area contributed by atoms with Crippen LogP contribution in [0.2, 0.25) is 0 Å². The summed E-state index contributed by atoms with van der Waals surface area (Å²) in [6, 6.07) is 7.06. The van der Waals surface area contributed by atoms with Crippen LogP contribution >= 0.6 is 12.2 Å². The molecule has 0 fully saturated rings. The molecule has 1 aliphatic heterocycles. The number of hydrogen-bond donors (Lipinski definition) is 1. The molecule has 23 heavy (non-hydrogen) atoms. The standard InChI is InChI=1S/C19H23N3S/c1-3-16-11-13-8-9-15(10-14(13)12-22(16)2)21-19(20)17-6-4-5-7-18(17)23/h4-6,8-10,16H,3,7,11-12H2,1-2H3,(H2,20,21). The van der Waals surface area contributed by atoms with Gasteiger partial charge in [0.1, 0.15) is 5.84 Å². The Kier molecular flexibility index (Phi) is 4.74. The number of nitrogens with zero attached hydrogens (tertiary/aromatic N) is 2. The monoisotopic (exact) mass is 325 g/mol. The summed E-state index contributed by atoms with van der Waals surface area (Å²) in [5, 5.41) is 0. The predicted molar refractivity (Wildman–Crippen MR) is 101 cm³/mol. The Hall–Kier alpha value is -1.78. The number of amidine groups is 1. The van der Waals surface area contributed by atoms with E-state index in [4.69, 9.17) is 18.0 Å². The van der Waals surface area contributed by atoms with Crippen molar-refractivity contribution in [3.63, 3.8) is 0 Å². The van der Waals surface area contributed by atoms with Crippen LogP contribution in [0.15, 0.2) is 47.0 Å². The lowest BCUT2D eigenvalue weighted by molar-refractivity contribution is 0.210. The van der Waals surface area contributed by atoms with Gasteiger partial charge >= 0.3 is 0 Å². The van der Waals surface area contributed by atoms with Crippen molar-refractivity contribution in [3.8, 4) is 0 Å². The van der Waals surface area contributed by atoms with Gasteiger partial charge in [0.15, 0.2) is 0 Å². The van der Waals surface area contributed by atoms with E-state index < -0.39 is 0 Å². The summed E-state index contributed by atoms with van der Waals surface area (Å²) in [5.41, 5.74) is 10.7. The molecule has 0 saturated heterocycles. The molecule has 3 rings (SSSR count). The van der Waals surface area contributed by atoms with Gasteiger partial charge < -0.3 is 5.73 Å². The average molecular weight is 325 g/mol. The molecule has 0 saturated carbocycles. The van der Waals surface area contributed by atoms with Crippen molar-refractivity contribution in [1.29, 1.82) is 0 Å². The van der Waals surface area contributed by atoms with Crippen LogP contribution in [0.5, 0.6) is 0 Å². The summed E-state index contributed by atoms with van der Waals surface area (Å²) in [6.07, 6.45) is 9.04. The maximum Gasteiger partial charge on any atom is 0.132 e. The number of nitrogens with two attached hydrogens (primary N) is 1. The van der Waals surface area contributed by atoms with Crippen molar-refractivity contribution >= 4 is 28.6 Å². The highest BCUT2D eigenvalue weighted by molar-refractivity contribution is 7.81. The van der Waals surface area contributed by atoms with Crippen LogP contribution in [0.25, 0.3) is 0 Å². The first-order valence-electron chi connectivity index (χ1n) is 8.15. The topological polar surface area (TPSA) is 41.6 Å². The maximum atomic E-state index is 6.17. The Morgan fingerprint density at radius 3 is 2.96 bits per heavy atom. The van der Waals surface area contributed by atoms with Crippen molar-refractivity contribution in [2.75, 3.05) is 7.05 Å². The number of likely N-dealkylation sites (N-methyl/N-ethyl adjacent to an activating group) is 1. The first kappa shape index (κ1) is 16.1. The smallest absolute Gasteiger partial charge is 0.132 e. The summed E-state index contributed by atoms with van der Waals surface area (Å²) in [4.78, 5) is 7.87. The van der Waals surface area contributed by atoms with Gasteiger partial charge in [0, 0.05) is 29.4 Å². The molecule has 4 heteroatoms. The average Bonchev–Trinajstić information content (AvgIpc) is 2.54. The lowest BCUT2D eigenvalue weighted by Gasteiger charge is -2.33. The van der Waals surface area contributed by atoms with E-state index in [0.29, 0.717) is 11.9 Å². The molecular formula is C19H23N3S. The van der Waals surface area contributed by atoms with Gasteiger partial charge in [-0.3, -0.25) is 4.90 Å². The molecule has 1 atom stereocenters. The lowest BCUT2D eigenvalue weighted by Crippen LogP contribution is -2.36. The van der Waals surface area contributed by atoms with E-state index in [0.717, 1.165) is 35.5 Å². The fourth-order valence-electron chi connectivity index (χ4n) is 3.26. The first-order chi connectivity index (χ1) is 11.1. The van der Waals surface area contributed by atoms with Crippen molar-refractivity contribution in [2.24, 2.45) is 10.7 Å². The lowest BCUT2D eigenvalue weighted by atomic mass is 9.93. The Morgan fingerprint density at radius 2 is 2.22 bits per heavy atom. The number of benzene rings is 1. The van der Waals surface area contributed by atoms with Gasteiger partial charge in [-0.05, 0) is 43.1 Å². The first-order valence-corrected chi connectivity index (χ1v) is 8.56. The molecule has 0 spiro atoms. The SMILES string of the molecule is CCC1Cc2ccc(N=C(N)C3=CC=CCC3=S)cc2CN1C. The van der Waals surface area contributed by atoms with Crippen LogP contribution < -0.4 is 5.73 Å². The highest BCUT2D eigenvalue weighted by Gasteiger charge is 2.22. The summed E-state index contributed by atoms with van der Waals surface area (Å²) >= 11 is 5.37. The zero-order valence-corrected chi connectivity index (χ0v) is 14.6. The number of fused-ring (bicyclic) bond motifs is 1. The van der Waals surface area contributed by atoms with Gasteiger partial charge in [0.05, 0.1) is 5.69 Å². The van der Waals surface area contributed by atoms with E-state index >= 15 is 0 Å². The van der Waals surface area contributed by atoms with Gasteiger partial charge in [-0.1, -0.05) is 43.4 Å². The van der Waals surface area contributed by atoms with Gasteiger partial charge in [0.2, 0.25) is 0 Å². The summed E-state index contributed by atoms with van der Waals surface area (Å²) in [6.45, 7) is 3.22. The Labute approximate surface area is 143 Å². The van der Waals surface area contributed by atoms with E-state index in [1.54, 1.807) is 0 Å². The van der Waals surface area contributed by atoms with Crippen LogP contribution in [0.4, 0.5) is 5.69 Å². The third kappa shape index (κ3) is 3.43.